The van der Waals surface area contributed by atoms with Gasteiger partial charge in [0.1, 0.15) is 0 Å². The van der Waals surface area contributed by atoms with E-state index in [9.17, 15) is 9.59 Å². The maximum absolute atomic E-state index is 12.7. The first-order valence-electron chi connectivity index (χ1n) is 10.3. The first-order chi connectivity index (χ1) is 13.1. The largest absolute Gasteiger partial charge is 0.336 e. The third-order valence-electron chi connectivity index (χ3n) is 6.41. The zero-order chi connectivity index (χ0) is 18.8. The van der Waals surface area contributed by atoms with E-state index in [-0.39, 0.29) is 11.9 Å². The molecule has 6 nitrogen and oxygen atoms in total. The second kappa shape index (κ2) is 7.89. The Bertz CT molecular complexity index is 676. The number of piperidine rings is 2. The van der Waals surface area contributed by atoms with Crippen molar-refractivity contribution in [3.8, 4) is 0 Å². The van der Waals surface area contributed by atoms with Crippen LogP contribution in [0, 0.1) is 11.8 Å². The number of benzene rings is 1. The summed E-state index contributed by atoms with van der Waals surface area (Å²) in [6.45, 7) is 6.70. The minimum atomic E-state index is -0.0341. The molecule has 1 aromatic rings. The van der Waals surface area contributed by atoms with Gasteiger partial charge in [-0.25, -0.2) is 4.79 Å². The quantitative estimate of drug-likeness (QED) is 0.841. The van der Waals surface area contributed by atoms with Crippen LogP contribution in [0.1, 0.15) is 43.0 Å². The summed E-state index contributed by atoms with van der Waals surface area (Å²) in [5, 5.41) is 6.41. The predicted octanol–water partition coefficient (Wildman–Crippen LogP) is 2.77. The molecular weight excluding hydrogens is 340 g/mol. The van der Waals surface area contributed by atoms with Gasteiger partial charge in [0.15, 0.2) is 0 Å². The predicted molar refractivity (Wildman–Crippen MR) is 106 cm³/mol. The van der Waals surface area contributed by atoms with Crippen molar-refractivity contribution < 1.29 is 9.59 Å². The number of anilines is 1. The Morgan fingerprint density at radius 3 is 2.59 bits per heavy atom. The molecule has 0 saturated carbocycles. The van der Waals surface area contributed by atoms with Crippen LogP contribution in [-0.4, -0.2) is 60.5 Å². The Labute approximate surface area is 161 Å². The van der Waals surface area contributed by atoms with Crippen LogP contribution < -0.4 is 10.6 Å². The second-order valence-electron chi connectivity index (χ2n) is 8.27. The van der Waals surface area contributed by atoms with Crippen molar-refractivity contribution in [2.45, 2.75) is 38.6 Å². The van der Waals surface area contributed by atoms with Gasteiger partial charge in [0.05, 0.1) is 0 Å². The second-order valence-corrected chi connectivity index (χ2v) is 8.27. The number of nitrogens with one attached hydrogen (secondary N) is 2. The third-order valence-corrected chi connectivity index (χ3v) is 6.41. The number of urea groups is 1. The number of carbonyl (C=O) groups is 2. The molecule has 6 heteroatoms. The lowest BCUT2D eigenvalue weighted by atomic mass is 9.90. The molecule has 0 aliphatic carbocycles. The lowest BCUT2D eigenvalue weighted by molar-refractivity contribution is 0.0635. The number of hydrogen-bond donors (Lipinski definition) is 2. The lowest BCUT2D eigenvalue weighted by Crippen LogP contribution is -2.42. The summed E-state index contributed by atoms with van der Waals surface area (Å²) >= 11 is 0. The van der Waals surface area contributed by atoms with Crippen molar-refractivity contribution >= 4 is 17.6 Å². The molecule has 1 unspecified atom stereocenters. The molecule has 3 aliphatic heterocycles. The summed E-state index contributed by atoms with van der Waals surface area (Å²) in [5.74, 6) is 1.30. The van der Waals surface area contributed by atoms with Gasteiger partial charge in [0.2, 0.25) is 0 Å². The van der Waals surface area contributed by atoms with Gasteiger partial charge in [-0.3, -0.25) is 4.79 Å². The van der Waals surface area contributed by atoms with E-state index in [2.05, 4.69) is 17.6 Å². The monoisotopic (exact) mass is 370 g/mol. The number of amides is 3. The van der Waals surface area contributed by atoms with Gasteiger partial charge in [-0.15, -0.1) is 0 Å². The van der Waals surface area contributed by atoms with Gasteiger partial charge < -0.3 is 20.4 Å². The highest BCUT2D eigenvalue weighted by molar-refractivity contribution is 5.95. The van der Waals surface area contributed by atoms with Crippen LogP contribution in [0.25, 0.3) is 0 Å². The molecule has 3 amide bonds. The molecular formula is C21H30N4O2. The van der Waals surface area contributed by atoms with Crippen LogP contribution in [0.2, 0.25) is 0 Å². The Balaban J connectivity index is 1.35. The molecule has 0 aromatic heterocycles. The molecule has 0 radical (unpaired) electrons. The van der Waals surface area contributed by atoms with Gasteiger partial charge >= 0.3 is 6.03 Å². The molecule has 3 atom stereocenters. The summed E-state index contributed by atoms with van der Waals surface area (Å²) in [5.41, 5.74) is 1.44. The van der Waals surface area contributed by atoms with Crippen molar-refractivity contribution in [2.75, 3.05) is 38.0 Å². The fraction of sp³-hybridized carbons (Fsp3) is 0.619. The summed E-state index contributed by atoms with van der Waals surface area (Å²) in [6.07, 6.45) is 4.51. The summed E-state index contributed by atoms with van der Waals surface area (Å²) < 4.78 is 0. The van der Waals surface area contributed by atoms with Crippen molar-refractivity contribution in [3.63, 3.8) is 0 Å². The van der Waals surface area contributed by atoms with E-state index < -0.39 is 0 Å². The van der Waals surface area contributed by atoms with Gasteiger partial charge in [-0.2, -0.15) is 0 Å². The molecule has 4 rings (SSSR count). The zero-order valence-electron chi connectivity index (χ0n) is 16.1. The fourth-order valence-electron chi connectivity index (χ4n) is 4.70. The molecule has 0 spiro atoms. The molecule has 146 valence electrons. The van der Waals surface area contributed by atoms with Crippen LogP contribution in [0.4, 0.5) is 10.5 Å². The van der Waals surface area contributed by atoms with E-state index in [1.165, 1.54) is 6.42 Å². The van der Waals surface area contributed by atoms with E-state index in [0.29, 0.717) is 23.4 Å². The van der Waals surface area contributed by atoms with E-state index in [1.807, 2.05) is 34.1 Å². The van der Waals surface area contributed by atoms with Gasteiger partial charge in [0, 0.05) is 36.9 Å². The Kier molecular flexibility index (Phi) is 5.34. The smallest absolute Gasteiger partial charge is 0.321 e. The molecule has 3 fully saturated rings. The summed E-state index contributed by atoms with van der Waals surface area (Å²) in [4.78, 5) is 29.2. The molecule has 2 N–H and O–H groups in total. The number of fused-ring (bicyclic) bond motifs is 1. The normalized spacial score (nSPS) is 28.0. The molecule has 3 saturated heterocycles. The highest BCUT2D eigenvalue weighted by Gasteiger charge is 2.36. The highest BCUT2D eigenvalue weighted by atomic mass is 16.2. The molecule has 1 aromatic carbocycles. The standard InChI is InChI=1S/C21H30N4O2/c1-15-4-2-3-11-25(15)20(26)16-5-7-19(8-6-16)23-21(27)24-13-17-9-10-22-12-18(17)14-24/h5-8,15,17-18,22H,2-4,9-14H2,1H3,(H,23,27)/t15?,17-,18+/m0/s1. The van der Waals surface area contributed by atoms with E-state index in [0.717, 1.165) is 57.7 Å². The van der Waals surface area contributed by atoms with E-state index >= 15 is 0 Å². The number of likely N-dealkylation sites (tertiary alicyclic amines) is 2. The molecule has 0 bridgehead atoms. The van der Waals surface area contributed by atoms with Crippen molar-refractivity contribution in [3.05, 3.63) is 29.8 Å². The Morgan fingerprint density at radius 1 is 1.07 bits per heavy atom. The lowest BCUT2D eigenvalue weighted by Gasteiger charge is -2.33. The SMILES string of the molecule is CC1CCCCN1C(=O)c1ccc(NC(=O)N2C[C@H]3CNCC[C@H]3C2)cc1. The van der Waals surface area contributed by atoms with Crippen LogP contribution in [0.15, 0.2) is 24.3 Å². The summed E-state index contributed by atoms with van der Waals surface area (Å²) in [7, 11) is 0. The number of hydrogen-bond acceptors (Lipinski definition) is 3. The van der Waals surface area contributed by atoms with Gasteiger partial charge in [0.25, 0.3) is 5.91 Å². The number of rotatable bonds is 2. The summed E-state index contributed by atoms with van der Waals surface area (Å²) in [6, 6.07) is 7.60. The molecule has 27 heavy (non-hydrogen) atoms. The van der Waals surface area contributed by atoms with Crippen molar-refractivity contribution in [1.29, 1.82) is 0 Å². The Hall–Kier alpha value is -2.08. The average molecular weight is 370 g/mol. The highest BCUT2D eigenvalue weighted by Crippen LogP contribution is 2.28. The maximum Gasteiger partial charge on any atom is 0.321 e. The van der Waals surface area contributed by atoms with Crippen LogP contribution in [0.3, 0.4) is 0 Å². The third kappa shape index (κ3) is 3.95. The maximum atomic E-state index is 12.7. The van der Waals surface area contributed by atoms with Crippen molar-refractivity contribution in [2.24, 2.45) is 11.8 Å². The number of nitrogens with zero attached hydrogens (tertiary/aromatic N) is 2. The average Bonchev–Trinajstić information content (AvgIpc) is 3.13. The van der Waals surface area contributed by atoms with Gasteiger partial charge in [-0.1, -0.05) is 0 Å². The number of carbonyl (C=O) groups excluding carboxylic acids is 2. The van der Waals surface area contributed by atoms with Crippen LogP contribution in [0.5, 0.6) is 0 Å². The Morgan fingerprint density at radius 2 is 1.85 bits per heavy atom. The van der Waals surface area contributed by atoms with Gasteiger partial charge in [-0.05, 0) is 81.8 Å². The van der Waals surface area contributed by atoms with Crippen LogP contribution in [-0.2, 0) is 0 Å². The zero-order valence-corrected chi connectivity index (χ0v) is 16.1. The topological polar surface area (TPSA) is 64.7 Å². The van der Waals surface area contributed by atoms with Crippen LogP contribution >= 0.6 is 0 Å². The molecule has 3 aliphatic rings. The minimum Gasteiger partial charge on any atom is -0.336 e. The fourth-order valence-corrected chi connectivity index (χ4v) is 4.70. The molecule has 3 heterocycles. The first kappa shape index (κ1) is 18.3. The van der Waals surface area contributed by atoms with E-state index in [4.69, 9.17) is 0 Å². The van der Waals surface area contributed by atoms with Crippen molar-refractivity contribution in [1.82, 2.24) is 15.1 Å². The van der Waals surface area contributed by atoms with E-state index in [1.54, 1.807) is 0 Å². The minimum absolute atomic E-state index is 0.0341. The first-order valence-corrected chi connectivity index (χ1v) is 10.3.